The smallest absolute Gasteiger partial charge is 0.306 e. The highest BCUT2D eigenvalue weighted by Crippen LogP contribution is 2.08. The molecule has 0 bridgehead atoms. The fourth-order valence-electron chi connectivity index (χ4n) is 2.47. The Morgan fingerprint density at radius 2 is 1.67 bits per heavy atom. The molecule has 5 nitrogen and oxygen atoms in total. The van der Waals surface area contributed by atoms with Gasteiger partial charge in [0.1, 0.15) is 6.54 Å². The van der Waals surface area contributed by atoms with E-state index < -0.39 is 12.1 Å². The zero-order valence-electron chi connectivity index (χ0n) is 15.9. The van der Waals surface area contributed by atoms with Gasteiger partial charge in [0, 0.05) is 18.8 Å². The van der Waals surface area contributed by atoms with Gasteiger partial charge >= 0.3 is 5.97 Å². The van der Waals surface area contributed by atoms with Crippen molar-refractivity contribution in [2.24, 2.45) is 0 Å². The van der Waals surface area contributed by atoms with E-state index in [-0.39, 0.29) is 12.4 Å². The first-order valence-corrected chi connectivity index (χ1v) is 9.09. The second kappa shape index (κ2) is 13.0. The van der Waals surface area contributed by atoms with Gasteiger partial charge in [-0.15, -0.1) is 0 Å². The van der Waals surface area contributed by atoms with Crippen LogP contribution in [0.1, 0.15) is 64.7 Å². The predicted molar refractivity (Wildman–Crippen MR) is 94.2 cm³/mol. The SMILES string of the molecule is CCCCCC/C=C/CCCC(=O)OC(CC(=O)[O-])C[N+](C)(C)C. The van der Waals surface area contributed by atoms with Gasteiger partial charge in [-0.1, -0.05) is 38.3 Å². The Hall–Kier alpha value is -1.36. The predicted octanol–water partition coefficient (Wildman–Crippen LogP) is 2.44. The molecule has 0 aromatic rings. The largest absolute Gasteiger partial charge is 0.550 e. The molecule has 0 aliphatic rings. The number of allylic oxidation sites excluding steroid dienone is 2. The monoisotopic (exact) mass is 341 g/mol. The normalized spacial score (nSPS) is 13.2. The summed E-state index contributed by atoms with van der Waals surface area (Å²) in [5.41, 5.74) is 0. The third kappa shape index (κ3) is 15.5. The molecule has 5 heteroatoms. The summed E-state index contributed by atoms with van der Waals surface area (Å²) in [5, 5.41) is 10.8. The summed E-state index contributed by atoms with van der Waals surface area (Å²) in [6.07, 6.45) is 11.5. The first kappa shape index (κ1) is 22.6. The number of hydrogen-bond acceptors (Lipinski definition) is 4. The highest BCUT2D eigenvalue weighted by Gasteiger charge is 2.22. The van der Waals surface area contributed by atoms with Gasteiger partial charge in [-0.05, 0) is 25.7 Å². The van der Waals surface area contributed by atoms with Crippen molar-refractivity contribution in [2.45, 2.75) is 70.8 Å². The first-order valence-electron chi connectivity index (χ1n) is 9.09. The van der Waals surface area contributed by atoms with Crippen molar-refractivity contribution in [3.05, 3.63) is 12.2 Å². The Bertz CT molecular complexity index is 385. The summed E-state index contributed by atoms with van der Waals surface area (Å²) in [6.45, 7) is 2.66. The van der Waals surface area contributed by atoms with Gasteiger partial charge in [0.2, 0.25) is 0 Å². The van der Waals surface area contributed by atoms with Gasteiger partial charge in [0.15, 0.2) is 6.10 Å². The van der Waals surface area contributed by atoms with Gasteiger partial charge in [-0.2, -0.15) is 0 Å². The van der Waals surface area contributed by atoms with E-state index in [1.807, 2.05) is 21.1 Å². The lowest BCUT2D eigenvalue weighted by Gasteiger charge is -2.29. The fourth-order valence-corrected chi connectivity index (χ4v) is 2.47. The summed E-state index contributed by atoms with van der Waals surface area (Å²) in [4.78, 5) is 22.6. The number of carbonyl (C=O) groups excluding carboxylic acids is 2. The van der Waals surface area contributed by atoms with Crippen LogP contribution in [0.5, 0.6) is 0 Å². The average molecular weight is 341 g/mol. The quantitative estimate of drug-likeness (QED) is 0.211. The number of rotatable bonds is 14. The molecule has 0 saturated carbocycles. The number of hydrogen-bond donors (Lipinski definition) is 0. The van der Waals surface area contributed by atoms with E-state index >= 15 is 0 Å². The maximum Gasteiger partial charge on any atom is 0.306 e. The number of ether oxygens (including phenoxy) is 1. The van der Waals surface area contributed by atoms with Crippen molar-refractivity contribution in [1.82, 2.24) is 0 Å². The number of quaternary nitrogens is 1. The minimum atomic E-state index is -1.19. The molecular formula is C19H35NO4. The third-order valence-corrected chi connectivity index (χ3v) is 3.59. The van der Waals surface area contributed by atoms with Crippen LogP contribution in [0, 0.1) is 0 Å². The van der Waals surface area contributed by atoms with E-state index in [2.05, 4.69) is 19.1 Å². The van der Waals surface area contributed by atoms with Crippen molar-refractivity contribution in [3.63, 3.8) is 0 Å². The molecule has 140 valence electrons. The van der Waals surface area contributed by atoms with Crippen molar-refractivity contribution in [2.75, 3.05) is 27.7 Å². The zero-order valence-corrected chi connectivity index (χ0v) is 15.9. The number of esters is 1. The summed E-state index contributed by atoms with van der Waals surface area (Å²) < 4.78 is 5.84. The van der Waals surface area contributed by atoms with E-state index in [0.717, 1.165) is 19.3 Å². The zero-order chi connectivity index (χ0) is 18.4. The Labute approximate surface area is 147 Å². The van der Waals surface area contributed by atoms with Crippen LogP contribution in [0.25, 0.3) is 0 Å². The van der Waals surface area contributed by atoms with Crippen molar-refractivity contribution in [1.29, 1.82) is 0 Å². The number of aliphatic carboxylic acids is 1. The minimum absolute atomic E-state index is 0.251. The van der Waals surface area contributed by atoms with Crippen LogP contribution in [-0.4, -0.2) is 50.2 Å². The van der Waals surface area contributed by atoms with Gasteiger partial charge in [-0.25, -0.2) is 0 Å². The maximum atomic E-state index is 11.9. The average Bonchev–Trinajstić information content (AvgIpc) is 2.42. The van der Waals surface area contributed by atoms with E-state index in [1.165, 1.54) is 25.7 Å². The molecule has 0 amide bonds. The van der Waals surface area contributed by atoms with Crippen LogP contribution in [0.3, 0.4) is 0 Å². The topological polar surface area (TPSA) is 66.4 Å². The van der Waals surface area contributed by atoms with Gasteiger partial charge in [0.05, 0.1) is 21.1 Å². The van der Waals surface area contributed by atoms with Crippen molar-refractivity contribution in [3.8, 4) is 0 Å². The summed E-state index contributed by atoms with van der Waals surface area (Å²) in [5.74, 6) is -1.52. The molecule has 0 spiro atoms. The molecule has 0 aromatic heterocycles. The Morgan fingerprint density at radius 3 is 2.21 bits per heavy atom. The minimum Gasteiger partial charge on any atom is -0.550 e. The highest BCUT2D eigenvalue weighted by atomic mass is 16.5. The van der Waals surface area contributed by atoms with E-state index in [4.69, 9.17) is 4.74 Å². The Balaban J connectivity index is 3.95. The third-order valence-electron chi connectivity index (χ3n) is 3.59. The number of nitrogens with zero attached hydrogens (tertiary/aromatic N) is 1. The molecule has 0 fully saturated rings. The highest BCUT2D eigenvalue weighted by molar-refractivity contribution is 5.70. The fraction of sp³-hybridized carbons (Fsp3) is 0.789. The van der Waals surface area contributed by atoms with Crippen molar-refractivity contribution < 1.29 is 23.9 Å². The summed E-state index contributed by atoms with van der Waals surface area (Å²) in [6, 6.07) is 0. The lowest BCUT2D eigenvalue weighted by molar-refractivity contribution is -0.873. The molecule has 0 rings (SSSR count). The molecule has 0 aliphatic heterocycles. The summed E-state index contributed by atoms with van der Waals surface area (Å²) in [7, 11) is 5.80. The number of carboxylic acid groups (broad SMARTS) is 1. The molecule has 0 aromatic carbocycles. The van der Waals surface area contributed by atoms with E-state index in [0.29, 0.717) is 17.4 Å². The van der Waals surface area contributed by atoms with Crippen molar-refractivity contribution >= 4 is 11.9 Å². The van der Waals surface area contributed by atoms with Crippen LogP contribution in [0.15, 0.2) is 12.2 Å². The molecule has 0 aliphatic carbocycles. The molecule has 0 N–H and O–H groups in total. The van der Waals surface area contributed by atoms with Gasteiger partial charge in [-0.3, -0.25) is 4.79 Å². The molecule has 0 heterocycles. The van der Waals surface area contributed by atoms with E-state index in [9.17, 15) is 14.7 Å². The van der Waals surface area contributed by atoms with Crippen LogP contribution in [-0.2, 0) is 14.3 Å². The maximum absolute atomic E-state index is 11.9. The molecule has 1 unspecified atom stereocenters. The van der Waals surface area contributed by atoms with Crippen LogP contribution < -0.4 is 5.11 Å². The molecule has 0 saturated heterocycles. The van der Waals surface area contributed by atoms with Crippen LogP contribution >= 0.6 is 0 Å². The molecule has 1 atom stereocenters. The second-order valence-corrected chi connectivity index (χ2v) is 7.37. The van der Waals surface area contributed by atoms with Crippen LogP contribution in [0.2, 0.25) is 0 Å². The summed E-state index contributed by atoms with van der Waals surface area (Å²) >= 11 is 0. The first-order chi connectivity index (χ1) is 11.2. The Morgan fingerprint density at radius 1 is 1.04 bits per heavy atom. The lowest BCUT2D eigenvalue weighted by atomic mass is 10.1. The molecular weight excluding hydrogens is 306 g/mol. The van der Waals surface area contributed by atoms with E-state index in [1.54, 1.807) is 0 Å². The Kier molecular flexibility index (Phi) is 12.3. The van der Waals surface area contributed by atoms with Gasteiger partial charge in [0.25, 0.3) is 0 Å². The molecule has 0 radical (unpaired) electrons. The number of carbonyl (C=O) groups is 2. The number of likely N-dealkylation sites (N-methyl/N-ethyl adjacent to an activating group) is 1. The van der Waals surface area contributed by atoms with Gasteiger partial charge < -0.3 is 19.1 Å². The number of carboxylic acids is 1. The standard InChI is InChI=1S/C19H35NO4/c1-5-6-7-8-9-10-11-12-13-14-19(23)24-17(15-18(21)22)16-20(2,3)4/h10-11,17H,5-9,12-16H2,1-4H3/b11-10+. The lowest BCUT2D eigenvalue weighted by Crippen LogP contribution is -2.45. The number of unbranched alkanes of at least 4 members (excludes halogenated alkanes) is 5. The van der Waals surface area contributed by atoms with Crippen LogP contribution in [0.4, 0.5) is 0 Å². The molecule has 24 heavy (non-hydrogen) atoms. The second-order valence-electron chi connectivity index (χ2n) is 7.37.